The molecule has 2 aromatic rings. The molecule has 3 heterocycles. The average Bonchev–Trinajstić information content (AvgIpc) is 3.00. The molecule has 7 heteroatoms. The molecule has 2 aliphatic rings. The molecule has 28 heavy (non-hydrogen) atoms. The van der Waals surface area contributed by atoms with Crippen molar-refractivity contribution in [2.24, 2.45) is 5.92 Å². The second kappa shape index (κ2) is 9.05. The SMILES string of the molecule is O=C(C1CCN(Cc2nnc(-c3ccccc3Cl)o2)CC1)N1CCCCCC1. The Morgan fingerprint density at radius 1 is 1.04 bits per heavy atom. The lowest BCUT2D eigenvalue weighted by Gasteiger charge is -2.33. The smallest absolute Gasteiger partial charge is 0.249 e. The van der Waals surface area contributed by atoms with Crippen molar-refractivity contribution in [3.63, 3.8) is 0 Å². The van der Waals surface area contributed by atoms with E-state index in [1.165, 1.54) is 12.8 Å². The Morgan fingerprint density at radius 2 is 1.75 bits per heavy atom. The molecule has 0 N–H and O–H groups in total. The molecule has 0 aliphatic carbocycles. The third kappa shape index (κ3) is 4.55. The van der Waals surface area contributed by atoms with Crippen LogP contribution in [0.3, 0.4) is 0 Å². The van der Waals surface area contributed by atoms with Crippen LogP contribution < -0.4 is 0 Å². The van der Waals surface area contributed by atoms with E-state index in [1.807, 2.05) is 24.3 Å². The summed E-state index contributed by atoms with van der Waals surface area (Å²) in [6.45, 7) is 4.25. The van der Waals surface area contributed by atoms with E-state index in [0.717, 1.165) is 57.4 Å². The van der Waals surface area contributed by atoms with Crippen LogP contribution >= 0.6 is 11.6 Å². The lowest BCUT2D eigenvalue weighted by atomic mass is 9.95. The average molecular weight is 403 g/mol. The fourth-order valence-corrected chi connectivity index (χ4v) is 4.36. The van der Waals surface area contributed by atoms with Crippen LogP contribution in [0.25, 0.3) is 11.5 Å². The van der Waals surface area contributed by atoms with Gasteiger partial charge in [-0.3, -0.25) is 9.69 Å². The molecular formula is C21H27ClN4O2. The lowest BCUT2D eigenvalue weighted by Crippen LogP contribution is -2.42. The monoisotopic (exact) mass is 402 g/mol. The van der Waals surface area contributed by atoms with Gasteiger partial charge in [0.05, 0.1) is 17.1 Å². The van der Waals surface area contributed by atoms with Gasteiger partial charge >= 0.3 is 0 Å². The molecule has 4 rings (SSSR count). The number of hydrogen-bond donors (Lipinski definition) is 0. The second-order valence-corrected chi connectivity index (χ2v) is 8.18. The molecule has 2 aliphatic heterocycles. The molecule has 0 atom stereocenters. The maximum absolute atomic E-state index is 12.8. The van der Waals surface area contributed by atoms with Crippen molar-refractivity contribution < 1.29 is 9.21 Å². The van der Waals surface area contributed by atoms with Gasteiger partial charge in [0.2, 0.25) is 17.7 Å². The Hall–Kier alpha value is -1.92. The lowest BCUT2D eigenvalue weighted by molar-refractivity contribution is -0.137. The Kier molecular flexibility index (Phi) is 6.27. The molecule has 1 aromatic heterocycles. The van der Waals surface area contributed by atoms with Crippen molar-refractivity contribution in [1.29, 1.82) is 0 Å². The summed E-state index contributed by atoms with van der Waals surface area (Å²) in [5.74, 6) is 1.56. The third-order valence-electron chi connectivity index (χ3n) is 5.78. The molecule has 0 bridgehead atoms. The van der Waals surface area contributed by atoms with Gasteiger partial charge in [0.15, 0.2) is 0 Å². The summed E-state index contributed by atoms with van der Waals surface area (Å²) < 4.78 is 5.81. The van der Waals surface area contributed by atoms with Crippen molar-refractivity contribution in [2.45, 2.75) is 45.1 Å². The van der Waals surface area contributed by atoms with E-state index in [-0.39, 0.29) is 5.92 Å². The first-order valence-corrected chi connectivity index (χ1v) is 10.7. The van der Waals surface area contributed by atoms with Crippen molar-refractivity contribution in [3.05, 3.63) is 35.2 Å². The zero-order valence-corrected chi connectivity index (χ0v) is 16.9. The molecule has 0 radical (unpaired) electrons. The molecule has 0 saturated carbocycles. The molecule has 2 fully saturated rings. The van der Waals surface area contributed by atoms with Crippen LogP contribution in [0.5, 0.6) is 0 Å². The maximum Gasteiger partial charge on any atom is 0.249 e. The van der Waals surface area contributed by atoms with Crippen LogP contribution in [0.1, 0.15) is 44.4 Å². The summed E-state index contributed by atoms with van der Waals surface area (Å²) in [6, 6.07) is 7.46. The number of halogens is 1. The highest BCUT2D eigenvalue weighted by molar-refractivity contribution is 6.33. The van der Waals surface area contributed by atoms with E-state index in [0.29, 0.717) is 29.3 Å². The molecule has 150 valence electrons. The van der Waals surface area contributed by atoms with Crippen molar-refractivity contribution >= 4 is 17.5 Å². The van der Waals surface area contributed by atoms with Gasteiger partial charge in [-0.15, -0.1) is 10.2 Å². The molecule has 0 spiro atoms. The largest absolute Gasteiger partial charge is 0.419 e. The first-order chi connectivity index (χ1) is 13.7. The van der Waals surface area contributed by atoms with Gasteiger partial charge in [-0.1, -0.05) is 36.6 Å². The number of rotatable bonds is 4. The second-order valence-electron chi connectivity index (χ2n) is 7.77. The highest BCUT2D eigenvalue weighted by atomic mass is 35.5. The van der Waals surface area contributed by atoms with Crippen LogP contribution in [-0.2, 0) is 11.3 Å². The predicted molar refractivity (Wildman–Crippen MR) is 108 cm³/mol. The highest BCUT2D eigenvalue weighted by Crippen LogP contribution is 2.27. The number of benzene rings is 1. The minimum absolute atomic E-state index is 0.163. The van der Waals surface area contributed by atoms with Crippen LogP contribution in [-0.4, -0.2) is 52.1 Å². The van der Waals surface area contributed by atoms with Crippen molar-refractivity contribution in [1.82, 2.24) is 20.0 Å². The number of amides is 1. The maximum atomic E-state index is 12.8. The van der Waals surface area contributed by atoms with Crippen LogP contribution in [0, 0.1) is 5.92 Å². The highest BCUT2D eigenvalue weighted by Gasteiger charge is 2.29. The number of hydrogen-bond acceptors (Lipinski definition) is 5. The van der Waals surface area contributed by atoms with Gasteiger partial charge in [-0.25, -0.2) is 0 Å². The minimum atomic E-state index is 0.163. The van der Waals surface area contributed by atoms with Gasteiger partial charge in [0.1, 0.15) is 0 Å². The predicted octanol–water partition coefficient (Wildman–Crippen LogP) is 4.00. The summed E-state index contributed by atoms with van der Waals surface area (Å²) in [5, 5.41) is 8.91. The van der Waals surface area contributed by atoms with Crippen LogP contribution in [0.15, 0.2) is 28.7 Å². The summed E-state index contributed by atoms with van der Waals surface area (Å²) in [6.07, 6.45) is 6.61. The van der Waals surface area contributed by atoms with E-state index < -0.39 is 0 Å². The summed E-state index contributed by atoms with van der Waals surface area (Å²) >= 11 is 6.21. The molecule has 2 saturated heterocycles. The number of aromatic nitrogens is 2. The number of carbonyl (C=O) groups excluding carboxylic acids is 1. The topological polar surface area (TPSA) is 62.5 Å². The normalized spacial score (nSPS) is 19.5. The van der Waals surface area contributed by atoms with Gasteiger partial charge in [0, 0.05) is 19.0 Å². The van der Waals surface area contributed by atoms with Gasteiger partial charge in [0.25, 0.3) is 0 Å². The van der Waals surface area contributed by atoms with E-state index in [1.54, 1.807) is 0 Å². The van der Waals surface area contributed by atoms with Gasteiger partial charge in [-0.2, -0.15) is 0 Å². The Labute approximate surface area is 170 Å². The Balaban J connectivity index is 1.30. The number of piperidine rings is 1. The zero-order valence-electron chi connectivity index (χ0n) is 16.1. The first-order valence-electron chi connectivity index (χ1n) is 10.3. The van der Waals surface area contributed by atoms with E-state index in [4.69, 9.17) is 16.0 Å². The summed E-state index contributed by atoms with van der Waals surface area (Å²) in [4.78, 5) is 17.2. The molecule has 1 aromatic carbocycles. The Bertz CT molecular complexity index is 793. The number of carbonyl (C=O) groups is 1. The molecular weight excluding hydrogens is 376 g/mol. The molecule has 0 unspecified atom stereocenters. The van der Waals surface area contributed by atoms with Gasteiger partial charge < -0.3 is 9.32 Å². The standard InChI is InChI=1S/C21H27ClN4O2/c22-18-8-4-3-7-17(18)20-24-23-19(28-20)15-25-13-9-16(10-14-25)21(27)26-11-5-1-2-6-12-26/h3-4,7-8,16H,1-2,5-6,9-15H2. The fourth-order valence-electron chi connectivity index (χ4n) is 4.14. The minimum Gasteiger partial charge on any atom is -0.419 e. The van der Waals surface area contributed by atoms with E-state index in [2.05, 4.69) is 20.0 Å². The van der Waals surface area contributed by atoms with Crippen LogP contribution in [0.4, 0.5) is 0 Å². The van der Waals surface area contributed by atoms with Gasteiger partial charge in [-0.05, 0) is 50.9 Å². The quantitative estimate of drug-likeness (QED) is 0.773. The summed E-state index contributed by atoms with van der Waals surface area (Å²) in [7, 11) is 0. The Morgan fingerprint density at radius 3 is 2.46 bits per heavy atom. The van der Waals surface area contributed by atoms with Crippen molar-refractivity contribution in [2.75, 3.05) is 26.2 Å². The number of nitrogens with zero attached hydrogens (tertiary/aromatic N) is 4. The fraction of sp³-hybridized carbons (Fsp3) is 0.571. The van der Waals surface area contributed by atoms with E-state index in [9.17, 15) is 4.79 Å². The van der Waals surface area contributed by atoms with Crippen LogP contribution in [0.2, 0.25) is 5.02 Å². The van der Waals surface area contributed by atoms with E-state index >= 15 is 0 Å². The molecule has 1 amide bonds. The number of likely N-dealkylation sites (tertiary alicyclic amines) is 2. The molecule has 6 nitrogen and oxygen atoms in total. The van der Waals surface area contributed by atoms with Crippen molar-refractivity contribution in [3.8, 4) is 11.5 Å². The summed E-state index contributed by atoms with van der Waals surface area (Å²) in [5.41, 5.74) is 0.754. The third-order valence-corrected chi connectivity index (χ3v) is 6.11. The first kappa shape index (κ1) is 19.4. The zero-order chi connectivity index (χ0) is 19.3.